The van der Waals surface area contributed by atoms with Crippen molar-refractivity contribution in [2.45, 2.75) is 0 Å². The van der Waals surface area contributed by atoms with E-state index in [9.17, 15) is 4.79 Å². The van der Waals surface area contributed by atoms with Gasteiger partial charge in [-0.1, -0.05) is 18.2 Å². The molecule has 0 atom stereocenters. The van der Waals surface area contributed by atoms with Crippen molar-refractivity contribution in [1.29, 1.82) is 5.26 Å². The number of aromatic nitrogens is 3. The fourth-order valence-electron chi connectivity index (χ4n) is 3.41. The Morgan fingerprint density at radius 3 is 2.61 bits per heavy atom. The Hall–Kier alpha value is -4.44. The van der Waals surface area contributed by atoms with Crippen LogP contribution in [0.3, 0.4) is 0 Å². The average Bonchev–Trinajstić information content (AvgIpc) is 2.83. The highest BCUT2D eigenvalue weighted by Gasteiger charge is 2.16. The minimum Gasteiger partial charge on any atom is -0.486 e. The van der Waals surface area contributed by atoms with E-state index in [1.54, 1.807) is 54.7 Å². The van der Waals surface area contributed by atoms with E-state index in [1.807, 2.05) is 18.2 Å². The van der Waals surface area contributed by atoms with Gasteiger partial charge in [0.2, 0.25) is 0 Å². The van der Waals surface area contributed by atoms with Gasteiger partial charge in [0.1, 0.15) is 19.0 Å². The molecular weight excluding hydrogens is 392 g/mol. The van der Waals surface area contributed by atoms with Crippen molar-refractivity contribution in [3.05, 3.63) is 88.1 Å². The number of nitriles is 1. The van der Waals surface area contributed by atoms with Crippen molar-refractivity contribution in [2.75, 3.05) is 13.2 Å². The fraction of sp³-hybridized carbons (Fsp3) is 0.0833. The van der Waals surface area contributed by atoms with Gasteiger partial charge < -0.3 is 9.47 Å². The molecule has 1 aliphatic heterocycles. The minimum absolute atomic E-state index is 0.228. The Morgan fingerprint density at radius 2 is 1.81 bits per heavy atom. The molecular formula is C24H16N4O3. The second-order valence-electron chi connectivity index (χ2n) is 6.88. The molecule has 0 radical (unpaired) electrons. The largest absolute Gasteiger partial charge is 0.486 e. The number of nitrogens with zero attached hydrogens (tertiary/aromatic N) is 4. The van der Waals surface area contributed by atoms with Crippen molar-refractivity contribution in [1.82, 2.24) is 14.5 Å². The second-order valence-corrected chi connectivity index (χ2v) is 6.88. The molecule has 3 heterocycles. The molecule has 0 amide bonds. The van der Waals surface area contributed by atoms with Crippen LogP contribution in [0.1, 0.15) is 17.0 Å². The van der Waals surface area contributed by atoms with Crippen LogP contribution in [0.2, 0.25) is 0 Å². The number of pyridine rings is 1. The molecule has 150 valence electrons. The van der Waals surface area contributed by atoms with E-state index < -0.39 is 0 Å². The molecule has 2 aromatic heterocycles. The predicted octanol–water partition coefficient (Wildman–Crippen LogP) is 3.59. The van der Waals surface area contributed by atoms with E-state index in [0.29, 0.717) is 52.8 Å². The first-order valence-corrected chi connectivity index (χ1v) is 9.69. The molecule has 2 aromatic carbocycles. The van der Waals surface area contributed by atoms with Gasteiger partial charge in [-0.25, -0.2) is 9.97 Å². The maximum atomic E-state index is 13.4. The van der Waals surface area contributed by atoms with Crippen LogP contribution < -0.4 is 15.0 Å². The summed E-state index contributed by atoms with van der Waals surface area (Å²) in [4.78, 5) is 22.2. The van der Waals surface area contributed by atoms with Crippen LogP contribution in [-0.2, 0) is 0 Å². The zero-order valence-corrected chi connectivity index (χ0v) is 16.4. The standard InChI is InChI=1S/C24H16N4O3/c25-15-17-5-3-16(4-6-17)7-10-22-27-23-19(2-1-11-26-23)24(29)28(22)18-8-9-20-21(14-18)31-13-12-30-20/h1-11,14H,12-13H2/b10-7+. The second kappa shape index (κ2) is 7.76. The first kappa shape index (κ1) is 18.6. The average molecular weight is 408 g/mol. The third-order valence-electron chi connectivity index (χ3n) is 4.92. The molecule has 0 unspecified atom stereocenters. The number of ether oxygens (including phenoxy) is 2. The predicted molar refractivity (Wildman–Crippen MR) is 116 cm³/mol. The molecule has 1 aliphatic rings. The van der Waals surface area contributed by atoms with Crippen LogP contribution in [0, 0.1) is 11.3 Å². The van der Waals surface area contributed by atoms with Crippen molar-refractivity contribution in [3.8, 4) is 23.3 Å². The minimum atomic E-state index is -0.228. The summed E-state index contributed by atoms with van der Waals surface area (Å²) in [5, 5.41) is 9.40. The lowest BCUT2D eigenvalue weighted by atomic mass is 10.1. The number of rotatable bonds is 3. The van der Waals surface area contributed by atoms with E-state index in [2.05, 4.69) is 16.0 Å². The van der Waals surface area contributed by atoms with Gasteiger partial charge in [0.25, 0.3) is 5.56 Å². The molecule has 0 saturated heterocycles. The van der Waals surface area contributed by atoms with E-state index in [4.69, 9.17) is 14.7 Å². The van der Waals surface area contributed by atoms with Crippen LogP contribution in [-0.4, -0.2) is 27.7 Å². The molecule has 4 aromatic rings. The molecule has 31 heavy (non-hydrogen) atoms. The number of benzene rings is 2. The summed E-state index contributed by atoms with van der Waals surface area (Å²) in [5.74, 6) is 1.66. The number of hydrogen-bond donors (Lipinski definition) is 0. The quantitative estimate of drug-likeness (QED) is 0.515. The monoisotopic (exact) mass is 408 g/mol. The molecule has 0 N–H and O–H groups in total. The highest BCUT2D eigenvalue weighted by atomic mass is 16.6. The van der Waals surface area contributed by atoms with Crippen molar-refractivity contribution in [2.24, 2.45) is 0 Å². The molecule has 5 rings (SSSR count). The van der Waals surface area contributed by atoms with Crippen LogP contribution in [0.5, 0.6) is 11.5 Å². The van der Waals surface area contributed by atoms with Crippen LogP contribution in [0.15, 0.2) is 65.6 Å². The number of hydrogen-bond acceptors (Lipinski definition) is 6. The Kier molecular flexibility index (Phi) is 4.65. The molecule has 0 saturated carbocycles. The maximum Gasteiger partial charge on any atom is 0.267 e. The van der Waals surface area contributed by atoms with Crippen LogP contribution in [0.4, 0.5) is 0 Å². The fourth-order valence-corrected chi connectivity index (χ4v) is 3.41. The van der Waals surface area contributed by atoms with E-state index >= 15 is 0 Å². The summed E-state index contributed by atoms with van der Waals surface area (Å²) in [7, 11) is 0. The SMILES string of the molecule is N#Cc1ccc(/C=C/c2nc3ncccc3c(=O)n2-c2ccc3c(c2)OCCO3)cc1. The van der Waals surface area contributed by atoms with Crippen molar-refractivity contribution in [3.63, 3.8) is 0 Å². The lowest BCUT2D eigenvalue weighted by Crippen LogP contribution is -2.23. The van der Waals surface area contributed by atoms with Gasteiger partial charge in [0, 0.05) is 12.3 Å². The Labute approximate surface area is 177 Å². The summed E-state index contributed by atoms with van der Waals surface area (Å²) in [5.41, 5.74) is 2.23. The van der Waals surface area contributed by atoms with Gasteiger partial charge in [0.15, 0.2) is 17.1 Å². The summed E-state index contributed by atoms with van der Waals surface area (Å²) in [6.45, 7) is 0.949. The Morgan fingerprint density at radius 1 is 1.00 bits per heavy atom. The molecule has 0 bridgehead atoms. The van der Waals surface area contributed by atoms with Crippen molar-refractivity contribution >= 4 is 23.2 Å². The normalized spacial score (nSPS) is 12.7. The molecule has 7 nitrogen and oxygen atoms in total. The van der Waals surface area contributed by atoms with Gasteiger partial charge in [0.05, 0.1) is 22.7 Å². The van der Waals surface area contributed by atoms with Gasteiger partial charge in [-0.15, -0.1) is 0 Å². The molecule has 0 spiro atoms. The van der Waals surface area contributed by atoms with E-state index in [1.165, 1.54) is 4.57 Å². The highest BCUT2D eigenvalue weighted by molar-refractivity contribution is 5.77. The van der Waals surface area contributed by atoms with Gasteiger partial charge in [-0.05, 0) is 48.0 Å². The summed E-state index contributed by atoms with van der Waals surface area (Å²) in [6, 6.07) is 18.0. The Balaban J connectivity index is 1.67. The van der Waals surface area contributed by atoms with E-state index in [-0.39, 0.29) is 5.56 Å². The van der Waals surface area contributed by atoms with Crippen molar-refractivity contribution < 1.29 is 9.47 Å². The lowest BCUT2D eigenvalue weighted by Gasteiger charge is -2.19. The highest BCUT2D eigenvalue weighted by Crippen LogP contribution is 2.32. The first-order valence-electron chi connectivity index (χ1n) is 9.69. The van der Waals surface area contributed by atoms with Gasteiger partial charge in [-0.2, -0.15) is 5.26 Å². The molecule has 0 fully saturated rings. The molecule has 0 aliphatic carbocycles. The smallest absolute Gasteiger partial charge is 0.267 e. The zero-order chi connectivity index (χ0) is 21.2. The number of fused-ring (bicyclic) bond motifs is 2. The molecule has 7 heteroatoms. The summed E-state index contributed by atoms with van der Waals surface area (Å²) in [6.07, 6.45) is 5.21. The lowest BCUT2D eigenvalue weighted by molar-refractivity contribution is 0.171. The van der Waals surface area contributed by atoms with Gasteiger partial charge >= 0.3 is 0 Å². The topological polar surface area (TPSA) is 90.0 Å². The van der Waals surface area contributed by atoms with Crippen LogP contribution in [0.25, 0.3) is 28.9 Å². The third-order valence-corrected chi connectivity index (χ3v) is 4.92. The Bertz CT molecular complexity index is 1420. The third kappa shape index (κ3) is 3.51. The van der Waals surface area contributed by atoms with Crippen LogP contribution >= 0.6 is 0 Å². The first-order chi connectivity index (χ1) is 15.2. The zero-order valence-electron chi connectivity index (χ0n) is 16.4. The summed E-state index contributed by atoms with van der Waals surface area (Å²) < 4.78 is 12.8. The maximum absolute atomic E-state index is 13.4. The summed E-state index contributed by atoms with van der Waals surface area (Å²) >= 11 is 0. The van der Waals surface area contributed by atoms with Gasteiger partial charge in [-0.3, -0.25) is 9.36 Å². The van der Waals surface area contributed by atoms with E-state index in [0.717, 1.165) is 5.56 Å².